The highest BCUT2D eigenvalue weighted by atomic mass is 19.1. The average Bonchev–Trinajstić information content (AvgIpc) is 3.60. The van der Waals surface area contributed by atoms with E-state index < -0.39 is 5.82 Å². The molecule has 0 fully saturated rings. The van der Waals surface area contributed by atoms with E-state index in [0.29, 0.717) is 59.3 Å². The number of aromatic amines is 2. The van der Waals surface area contributed by atoms with Gasteiger partial charge in [-0.3, -0.25) is 19.9 Å². The number of fused-ring (bicyclic) bond motifs is 2. The Bertz CT molecular complexity index is 1960. The molecule has 3 N–H and O–H groups in total. The first-order valence-electron chi connectivity index (χ1n) is 14.4. The smallest absolute Gasteiger partial charge is 0.224 e. The Labute approximate surface area is 253 Å². The molecule has 0 aliphatic carbocycles. The molecule has 11 heteroatoms. The number of carbonyl (C=O) groups is 1. The van der Waals surface area contributed by atoms with Gasteiger partial charge >= 0.3 is 0 Å². The Morgan fingerprint density at radius 1 is 1.00 bits per heavy atom. The number of benzene rings is 2. The number of pyridine rings is 2. The van der Waals surface area contributed by atoms with Crippen LogP contribution in [0.5, 0.6) is 5.75 Å². The molecule has 0 atom stereocenters. The standard InChI is InChI=1S/C33H33FN8O2/c1-19(2)11-29(43)37-24-13-22(17-35-18-24)20-5-6-27-26(15-20)31(41-40-27)33-38-28-7-8-36-30(32(28)39-33)21-12-23(34)16-25(14-21)44-10-9-42(3)4/h5-8,12-19H,9-11H2,1-4H3,(H,37,43)(H,38,39)(H,40,41). The molecule has 2 aromatic carbocycles. The van der Waals surface area contributed by atoms with Gasteiger partial charge in [0.1, 0.15) is 29.4 Å². The summed E-state index contributed by atoms with van der Waals surface area (Å²) in [7, 11) is 3.91. The highest BCUT2D eigenvalue weighted by molar-refractivity contribution is 5.98. The lowest BCUT2D eigenvalue weighted by atomic mass is 10.0. The molecule has 1 amide bonds. The van der Waals surface area contributed by atoms with Crippen molar-refractivity contribution in [2.75, 3.05) is 32.6 Å². The van der Waals surface area contributed by atoms with Crippen LogP contribution in [0.2, 0.25) is 0 Å². The van der Waals surface area contributed by atoms with Gasteiger partial charge in [0, 0.05) is 47.9 Å². The minimum atomic E-state index is -0.416. The number of anilines is 1. The molecule has 0 radical (unpaired) electrons. The van der Waals surface area contributed by atoms with Crippen molar-refractivity contribution in [1.82, 2.24) is 35.0 Å². The molecule has 224 valence electrons. The molecule has 0 bridgehead atoms. The zero-order chi connectivity index (χ0) is 30.8. The van der Waals surface area contributed by atoms with Crippen LogP contribution in [0.1, 0.15) is 20.3 Å². The number of likely N-dealkylation sites (N-methyl/N-ethyl adjacent to an activating group) is 1. The molecule has 0 unspecified atom stereocenters. The molecule has 0 saturated heterocycles. The van der Waals surface area contributed by atoms with E-state index in [1.165, 1.54) is 12.1 Å². The van der Waals surface area contributed by atoms with Crippen molar-refractivity contribution >= 4 is 33.5 Å². The van der Waals surface area contributed by atoms with E-state index in [4.69, 9.17) is 9.72 Å². The summed E-state index contributed by atoms with van der Waals surface area (Å²) in [6.07, 6.45) is 5.50. The Morgan fingerprint density at radius 3 is 2.68 bits per heavy atom. The topological polar surface area (TPSA) is 125 Å². The van der Waals surface area contributed by atoms with Crippen LogP contribution >= 0.6 is 0 Å². The number of aromatic nitrogens is 6. The Balaban J connectivity index is 1.33. The monoisotopic (exact) mass is 592 g/mol. The van der Waals surface area contributed by atoms with Crippen LogP contribution in [-0.2, 0) is 4.79 Å². The molecule has 4 aromatic heterocycles. The van der Waals surface area contributed by atoms with Gasteiger partial charge in [-0.2, -0.15) is 5.10 Å². The molecule has 4 heterocycles. The zero-order valence-corrected chi connectivity index (χ0v) is 25.0. The van der Waals surface area contributed by atoms with Crippen molar-refractivity contribution < 1.29 is 13.9 Å². The van der Waals surface area contributed by atoms with Crippen molar-refractivity contribution in [2.45, 2.75) is 20.3 Å². The summed E-state index contributed by atoms with van der Waals surface area (Å²) < 4.78 is 20.4. The molecule has 0 aliphatic heterocycles. The SMILES string of the molecule is CC(C)CC(=O)Nc1cncc(-c2ccc3[nH]nc(-c4nc5c(-c6cc(F)cc(OCCN(C)C)c6)nccc5[nH]4)c3c2)c1. The number of imidazole rings is 1. The number of hydrogen-bond donors (Lipinski definition) is 3. The summed E-state index contributed by atoms with van der Waals surface area (Å²) in [5.74, 6) is 0.776. The predicted octanol–water partition coefficient (Wildman–Crippen LogP) is 6.29. The summed E-state index contributed by atoms with van der Waals surface area (Å²) >= 11 is 0. The van der Waals surface area contributed by atoms with Gasteiger partial charge in [0.15, 0.2) is 5.82 Å². The number of ether oxygens (including phenoxy) is 1. The second-order valence-corrected chi connectivity index (χ2v) is 11.4. The van der Waals surface area contributed by atoms with Crippen molar-refractivity contribution in [2.24, 2.45) is 5.92 Å². The maximum Gasteiger partial charge on any atom is 0.224 e. The fourth-order valence-electron chi connectivity index (χ4n) is 5.01. The Hall–Kier alpha value is -5.16. The fourth-order valence-corrected chi connectivity index (χ4v) is 5.01. The van der Waals surface area contributed by atoms with Gasteiger partial charge in [-0.25, -0.2) is 9.37 Å². The van der Waals surface area contributed by atoms with E-state index in [2.05, 4.69) is 30.5 Å². The van der Waals surface area contributed by atoms with Crippen LogP contribution in [-0.4, -0.2) is 68.2 Å². The van der Waals surface area contributed by atoms with E-state index in [9.17, 15) is 9.18 Å². The van der Waals surface area contributed by atoms with Gasteiger partial charge in [0.2, 0.25) is 5.91 Å². The minimum Gasteiger partial charge on any atom is -0.492 e. The van der Waals surface area contributed by atoms with Gasteiger partial charge in [-0.15, -0.1) is 0 Å². The number of rotatable bonds is 10. The predicted molar refractivity (Wildman–Crippen MR) is 170 cm³/mol. The van der Waals surface area contributed by atoms with Crippen molar-refractivity contribution in [3.05, 3.63) is 72.9 Å². The van der Waals surface area contributed by atoms with Gasteiger partial charge in [0.05, 0.1) is 28.6 Å². The Morgan fingerprint density at radius 2 is 1.86 bits per heavy atom. The minimum absolute atomic E-state index is 0.0448. The summed E-state index contributed by atoms with van der Waals surface area (Å²) in [4.78, 5) is 31.4. The number of nitrogens with one attached hydrogen (secondary N) is 3. The number of H-pyrrole nitrogens is 2. The fraction of sp³-hybridized carbons (Fsp3) is 0.242. The summed E-state index contributed by atoms with van der Waals surface area (Å²) in [5, 5.41) is 11.4. The normalized spacial score (nSPS) is 11.6. The number of halogens is 1. The van der Waals surface area contributed by atoms with Gasteiger partial charge < -0.3 is 19.9 Å². The van der Waals surface area contributed by atoms with Gasteiger partial charge in [0.25, 0.3) is 0 Å². The van der Waals surface area contributed by atoms with E-state index in [-0.39, 0.29) is 11.8 Å². The third-order valence-corrected chi connectivity index (χ3v) is 7.09. The third kappa shape index (κ3) is 6.28. The maximum atomic E-state index is 14.6. The first-order valence-corrected chi connectivity index (χ1v) is 14.4. The highest BCUT2D eigenvalue weighted by Crippen LogP contribution is 2.34. The van der Waals surface area contributed by atoms with E-state index >= 15 is 0 Å². The largest absolute Gasteiger partial charge is 0.492 e. The summed E-state index contributed by atoms with van der Waals surface area (Å²) in [5.41, 5.74) is 6.30. The average molecular weight is 593 g/mol. The third-order valence-electron chi connectivity index (χ3n) is 7.09. The van der Waals surface area contributed by atoms with Crippen LogP contribution in [0.3, 0.4) is 0 Å². The van der Waals surface area contributed by atoms with E-state index in [1.54, 1.807) is 24.7 Å². The van der Waals surface area contributed by atoms with Crippen LogP contribution in [0.25, 0.3) is 55.8 Å². The maximum absolute atomic E-state index is 14.6. The number of nitrogens with zero attached hydrogens (tertiary/aromatic N) is 5. The van der Waals surface area contributed by atoms with Crippen LogP contribution in [0.15, 0.2) is 67.1 Å². The summed E-state index contributed by atoms with van der Waals surface area (Å²) in [6, 6.07) is 14.2. The number of hydrogen-bond acceptors (Lipinski definition) is 7. The molecule has 6 aromatic rings. The van der Waals surface area contributed by atoms with Gasteiger partial charge in [-0.1, -0.05) is 19.9 Å². The van der Waals surface area contributed by atoms with E-state index in [1.807, 2.05) is 63.2 Å². The first-order chi connectivity index (χ1) is 21.2. The molecular formula is C33H33FN8O2. The summed E-state index contributed by atoms with van der Waals surface area (Å²) in [6.45, 7) is 5.15. The lowest BCUT2D eigenvalue weighted by molar-refractivity contribution is -0.116. The lowest BCUT2D eigenvalue weighted by Crippen LogP contribution is -2.19. The quantitative estimate of drug-likeness (QED) is 0.171. The van der Waals surface area contributed by atoms with Crippen molar-refractivity contribution in [3.63, 3.8) is 0 Å². The first kappa shape index (κ1) is 28.9. The molecule has 0 saturated carbocycles. The second kappa shape index (κ2) is 12.2. The molecule has 6 rings (SSSR count). The number of carbonyl (C=O) groups excluding carboxylic acids is 1. The van der Waals surface area contributed by atoms with Crippen LogP contribution < -0.4 is 10.1 Å². The van der Waals surface area contributed by atoms with Crippen molar-refractivity contribution in [3.8, 4) is 39.7 Å². The lowest BCUT2D eigenvalue weighted by Gasteiger charge is -2.12. The number of amides is 1. The molecule has 0 spiro atoms. The van der Waals surface area contributed by atoms with E-state index in [0.717, 1.165) is 27.5 Å². The highest BCUT2D eigenvalue weighted by Gasteiger charge is 2.18. The molecule has 44 heavy (non-hydrogen) atoms. The molecular weight excluding hydrogens is 559 g/mol. The molecule has 10 nitrogen and oxygen atoms in total. The van der Waals surface area contributed by atoms with Crippen LogP contribution in [0, 0.1) is 11.7 Å². The molecule has 0 aliphatic rings. The second-order valence-electron chi connectivity index (χ2n) is 11.4. The van der Waals surface area contributed by atoms with Crippen LogP contribution in [0.4, 0.5) is 10.1 Å². The van der Waals surface area contributed by atoms with Gasteiger partial charge in [-0.05, 0) is 62.0 Å². The Kier molecular flexibility index (Phi) is 8.03. The van der Waals surface area contributed by atoms with Crippen molar-refractivity contribution in [1.29, 1.82) is 0 Å². The zero-order valence-electron chi connectivity index (χ0n) is 25.0.